The zero-order valence-corrected chi connectivity index (χ0v) is 13.3. The van der Waals surface area contributed by atoms with Crippen LogP contribution in [0.5, 0.6) is 0 Å². The smallest absolute Gasteiger partial charge is 0.0900 e. The molecular formula is C17H22N2S. The Morgan fingerprint density at radius 1 is 1.25 bits per heavy atom. The highest BCUT2D eigenvalue weighted by Crippen LogP contribution is 2.29. The largest absolute Gasteiger partial charge is 0.312 e. The minimum Gasteiger partial charge on any atom is -0.312 e. The third kappa shape index (κ3) is 2.65. The fraction of sp³-hybridized carbons (Fsp3) is 0.471. The van der Waals surface area contributed by atoms with Crippen LogP contribution in [0.3, 0.4) is 0 Å². The minimum absolute atomic E-state index is 0.376. The summed E-state index contributed by atoms with van der Waals surface area (Å²) < 4.78 is 0. The molecule has 0 saturated carbocycles. The van der Waals surface area contributed by atoms with E-state index in [0.717, 1.165) is 11.4 Å². The molecule has 2 nitrogen and oxygen atoms in total. The number of aryl methyl sites for hydroxylation is 4. The second-order valence-electron chi connectivity index (χ2n) is 5.68. The molecule has 1 atom stereocenters. The third-order valence-electron chi connectivity index (χ3n) is 4.21. The van der Waals surface area contributed by atoms with Gasteiger partial charge in [-0.05, 0) is 63.3 Å². The zero-order chi connectivity index (χ0) is 14.1. The normalized spacial score (nSPS) is 15.3. The van der Waals surface area contributed by atoms with E-state index in [0.29, 0.717) is 6.04 Å². The van der Waals surface area contributed by atoms with Gasteiger partial charge in [-0.2, -0.15) is 0 Å². The average molecular weight is 286 g/mol. The molecule has 0 aliphatic heterocycles. The molecule has 0 saturated heterocycles. The van der Waals surface area contributed by atoms with Crippen molar-refractivity contribution >= 4 is 11.3 Å². The monoisotopic (exact) mass is 286 g/mol. The number of nitrogens with zero attached hydrogens (tertiary/aromatic N) is 1. The minimum atomic E-state index is 0.376. The number of hydrogen-bond acceptors (Lipinski definition) is 3. The first-order valence-electron chi connectivity index (χ1n) is 7.39. The van der Waals surface area contributed by atoms with Crippen molar-refractivity contribution in [2.75, 3.05) is 7.05 Å². The van der Waals surface area contributed by atoms with E-state index in [9.17, 15) is 0 Å². The molecule has 0 radical (unpaired) electrons. The maximum atomic E-state index is 4.56. The van der Waals surface area contributed by atoms with E-state index in [4.69, 9.17) is 0 Å². The summed E-state index contributed by atoms with van der Waals surface area (Å²) in [6.07, 6.45) is 4.89. The van der Waals surface area contributed by atoms with E-state index in [1.165, 1.54) is 35.4 Å². The fourth-order valence-corrected chi connectivity index (χ4v) is 4.22. The number of rotatable bonds is 4. The predicted molar refractivity (Wildman–Crippen MR) is 85.6 cm³/mol. The summed E-state index contributed by atoms with van der Waals surface area (Å²) >= 11 is 1.82. The van der Waals surface area contributed by atoms with E-state index >= 15 is 0 Å². The van der Waals surface area contributed by atoms with Gasteiger partial charge in [0.2, 0.25) is 0 Å². The Balaban J connectivity index is 1.83. The van der Waals surface area contributed by atoms with Crippen molar-refractivity contribution in [3.8, 4) is 0 Å². The van der Waals surface area contributed by atoms with Gasteiger partial charge >= 0.3 is 0 Å². The molecule has 1 unspecified atom stereocenters. The van der Waals surface area contributed by atoms with Crippen molar-refractivity contribution in [3.05, 3.63) is 50.5 Å². The number of fused-ring (bicyclic) bond motifs is 1. The van der Waals surface area contributed by atoms with Crippen LogP contribution in [-0.4, -0.2) is 12.0 Å². The number of aromatic nitrogens is 1. The zero-order valence-electron chi connectivity index (χ0n) is 12.5. The number of hydrogen-bond donors (Lipinski definition) is 1. The second-order valence-corrected chi connectivity index (χ2v) is 6.92. The van der Waals surface area contributed by atoms with E-state index in [2.05, 4.69) is 42.3 Å². The highest BCUT2D eigenvalue weighted by molar-refractivity contribution is 7.11. The van der Waals surface area contributed by atoms with Gasteiger partial charge in [-0.25, -0.2) is 4.98 Å². The number of benzene rings is 1. The van der Waals surface area contributed by atoms with Crippen LogP contribution in [0.2, 0.25) is 0 Å². The van der Waals surface area contributed by atoms with Crippen LogP contribution in [0.25, 0.3) is 0 Å². The molecule has 3 rings (SSSR count). The molecule has 0 amide bonds. The van der Waals surface area contributed by atoms with Crippen molar-refractivity contribution in [1.82, 2.24) is 10.3 Å². The van der Waals surface area contributed by atoms with Crippen LogP contribution in [-0.2, 0) is 19.3 Å². The summed E-state index contributed by atoms with van der Waals surface area (Å²) in [7, 11) is 2.05. The van der Waals surface area contributed by atoms with E-state index < -0.39 is 0 Å². The van der Waals surface area contributed by atoms with Crippen molar-refractivity contribution in [2.45, 2.75) is 45.6 Å². The van der Waals surface area contributed by atoms with Gasteiger partial charge in [-0.1, -0.05) is 18.2 Å². The topological polar surface area (TPSA) is 24.9 Å². The lowest BCUT2D eigenvalue weighted by Crippen LogP contribution is -2.18. The summed E-state index contributed by atoms with van der Waals surface area (Å²) in [5.41, 5.74) is 5.73. The lowest BCUT2D eigenvalue weighted by Gasteiger charge is -2.16. The van der Waals surface area contributed by atoms with Crippen LogP contribution in [0.15, 0.2) is 18.2 Å². The van der Waals surface area contributed by atoms with Crippen LogP contribution in [0.1, 0.15) is 44.7 Å². The van der Waals surface area contributed by atoms with Crippen molar-refractivity contribution in [2.24, 2.45) is 0 Å². The average Bonchev–Trinajstić information content (AvgIpc) is 3.01. The number of thiazole rings is 1. The molecular weight excluding hydrogens is 264 g/mol. The van der Waals surface area contributed by atoms with Gasteiger partial charge in [0.25, 0.3) is 0 Å². The van der Waals surface area contributed by atoms with E-state index in [-0.39, 0.29) is 0 Å². The highest BCUT2D eigenvalue weighted by Gasteiger charge is 2.18. The third-order valence-corrected chi connectivity index (χ3v) is 5.39. The van der Waals surface area contributed by atoms with Crippen LogP contribution < -0.4 is 5.32 Å². The standard InChI is InChI=1S/C17H22N2S/c1-11-17(20-12(2)19-11)16(18-3)10-13-7-8-14-5-4-6-15(14)9-13/h7-9,16,18H,4-6,10H2,1-3H3. The number of nitrogens with one attached hydrogen (secondary N) is 1. The number of likely N-dealkylation sites (N-methyl/N-ethyl adjacent to an activating group) is 1. The van der Waals surface area contributed by atoms with Gasteiger partial charge < -0.3 is 5.32 Å². The van der Waals surface area contributed by atoms with Gasteiger partial charge in [0.1, 0.15) is 0 Å². The van der Waals surface area contributed by atoms with Crippen LogP contribution in [0, 0.1) is 13.8 Å². The van der Waals surface area contributed by atoms with Crippen molar-refractivity contribution in [1.29, 1.82) is 0 Å². The van der Waals surface area contributed by atoms with Crippen molar-refractivity contribution in [3.63, 3.8) is 0 Å². The molecule has 0 bridgehead atoms. The molecule has 1 aromatic heterocycles. The maximum Gasteiger partial charge on any atom is 0.0900 e. The predicted octanol–water partition coefficient (Wildman–Crippen LogP) is 3.75. The SMILES string of the molecule is CNC(Cc1ccc2c(c1)CCC2)c1sc(C)nc1C. The quantitative estimate of drug-likeness (QED) is 0.926. The molecule has 0 spiro atoms. The molecule has 3 heteroatoms. The molecule has 1 aliphatic carbocycles. The first-order chi connectivity index (χ1) is 9.67. The Morgan fingerprint density at radius 2 is 2.05 bits per heavy atom. The second kappa shape index (κ2) is 5.66. The Kier molecular flexibility index (Phi) is 3.90. The van der Waals surface area contributed by atoms with Crippen LogP contribution in [0.4, 0.5) is 0 Å². The Labute approximate surface area is 125 Å². The molecule has 2 aromatic rings. The molecule has 1 aliphatic rings. The lowest BCUT2D eigenvalue weighted by atomic mass is 10.00. The molecule has 20 heavy (non-hydrogen) atoms. The maximum absolute atomic E-state index is 4.56. The summed E-state index contributed by atoms with van der Waals surface area (Å²) in [5.74, 6) is 0. The van der Waals surface area contributed by atoms with Crippen LogP contribution >= 0.6 is 11.3 Å². The van der Waals surface area contributed by atoms with Gasteiger partial charge in [-0.15, -0.1) is 11.3 Å². The van der Waals surface area contributed by atoms with Gasteiger partial charge in [0, 0.05) is 10.9 Å². The van der Waals surface area contributed by atoms with Gasteiger partial charge in [0.15, 0.2) is 0 Å². The van der Waals surface area contributed by atoms with Gasteiger partial charge in [0.05, 0.1) is 10.7 Å². The Morgan fingerprint density at radius 3 is 2.75 bits per heavy atom. The first kappa shape index (κ1) is 13.8. The van der Waals surface area contributed by atoms with E-state index in [1.807, 2.05) is 18.4 Å². The summed E-state index contributed by atoms with van der Waals surface area (Å²) in [6.45, 7) is 4.20. The molecule has 1 heterocycles. The first-order valence-corrected chi connectivity index (χ1v) is 8.21. The Hall–Kier alpha value is -1.19. The summed E-state index contributed by atoms with van der Waals surface area (Å²) in [5, 5.41) is 4.62. The molecule has 1 aromatic carbocycles. The molecule has 106 valence electrons. The Bertz CT molecular complexity index is 615. The highest BCUT2D eigenvalue weighted by atomic mass is 32.1. The van der Waals surface area contributed by atoms with E-state index in [1.54, 1.807) is 11.1 Å². The van der Waals surface area contributed by atoms with Crippen molar-refractivity contribution < 1.29 is 0 Å². The summed E-state index contributed by atoms with van der Waals surface area (Å²) in [4.78, 5) is 5.94. The molecule has 1 N–H and O–H groups in total. The fourth-order valence-electron chi connectivity index (χ4n) is 3.18. The molecule has 0 fully saturated rings. The summed E-state index contributed by atoms with van der Waals surface area (Å²) in [6, 6.07) is 7.42. The van der Waals surface area contributed by atoms with Gasteiger partial charge in [-0.3, -0.25) is 0 Å². The lowest BCUT2D eigenvalue weighted by molar-refractivity contribution is 0.597.